The lowest BCUT2D eigenvalue weighted by Gasteiger charge is -1.92. The fraction of sp³-hybridized carbons (Fsp3) is 0.111. The fourth-order valence-corrected chi connectivity index (χ4v) is 2.49. The summed E-state index contributed by atoms with van der Waals surface area (Å²) in [7, 11) is 1.89. The highest BCUT2D eigenvalue weighted by atomic mass is 16.1. The molecule has 0 spiro atoms. The van der Waals surface area contributed by atoms with E-state index >= 15 is 0 Å². The Hall–Kier alpha value is -3.66. The minimum atomic E-state index is -0.216. The van der Waals surface area contributed by atoms with Gasteiger partial charge in [0.05, 0.1) is 5.69 Å². The number of imidazole rings is 1. The van der Waals surface area contributed by atoms with Gasteiger partial charge in [0.25, 0.3) is 11.3 Å². The lowest BCUT2D eigenvalue weighted by Crippen LogP contribution is -2.14. The summed E-state index contributed by atoms with van der Waals surface area (Å²) in [6.07, 6.45) is 1.92. The largest absolute Gasteiger partial charge is 0.327 e. The number of fused-ring (bicyclic) bond motifs is 1. The average Bonchev–Trinajstić information content (AvgIpc) is 3.17. The van der Waals surface area contributed by atoms with Gasteiger partial charge in [-0.25, -0.2) is 9.97 Å². The van der Waals surface area contributed by atoms with Gasteiger partial charge in [0.2, 0.25) is 5.82 Å². The molecule has 0 saturated carbocycles. The van der Waals surface area contributed by atoms with Gasteiger partial charge in [-0.05, 0) is 18.8 Å². The smallest absolute Gasteiger partial charge is 0.274 e. The highest BCUT2D eigenvalue weighted by molar-refractivity contribution is 5.59. The normalized spacial score (nSPS) is 10.6. The Bertz CT molecular complexity index is 1190. The first-order valence-electron chi connectivity index (χ1n) is 7.67. The maximum atomic E-state index is 11.9. The second-order valence-electron chi connectivity index (χ2n) is 5.62. The van der Waals surface area contributed by atoms with Crippen LogP contribution >= 0.6 is 0 Å². The van der Waals surface area contributed by atoms with Crippen molar-refractivity contribution in [2.45, 2.75) is 6.92 Å². The Morgan fingerprint density at radius 1 is 1.08 bits per heavy atom. The molecule has 0 radical (unpaired) electrons. The van der Waals surface area contributed by atoms with E-state index in [1.165, 1.54) is 10.6 Å². The minimum Gasteiger partial charge on any atom is -0.327 e. The van der Waals surface area contributed by atoms with Crippen LogP contribution in [-0.2, 0) is 7.05 Å². The lowest BCUT2D eigenvalue weighted by atomic mass is 10.2. The zero-order valence-electron chi connectivity index (χ0n) is 13.7. The van der Waals surface area contributed by atoms with Crippen LogP contribution in [0.5, 0.6) is 0 Å². The summed E-state index contributed by atoms with van der Waals surface area (Å²) >= 11 is 0. The second-order valence-corrected chi connectivity index (χ2v) is 5.62. The summed E-state index contributed by atoms with van der Waals surface area (Å²) in [4.78, 5) is 24.9. The molecule has 0 aliphatic rings. The molecule has 0 fully saturated rings. The van der Waals surface area contributed by atoms with Gasteiger partial charge in [0, 0.05) is 30.6 Å². The molecule has 0 atom stereocenters. The van der Waals surface area contributed by atoms with Crippen molar-refractivity contribution in [2.24, 2.45) is 7.05 Å². The first-order valence-corrected chi connectivity index (χ1v) is 7.67. The van der Waals surface area contributed by atoms with Gasteiger partial charge < -0.3 is 4.57 Å². The third kappa shape index (κ3) is 2.81. The van der Waals surface area contributed by atoms with Gasteiger partial charge >= 0.3 is 0 Å². The molecule has 1 N–H and O–H groups in total. The van der Waals surface area contributed by atoms with E-state index in [-0.39, 0.29) is 5.56 Å². The van der Waals surface area contributed by atoms with Crippen molar-refractivity contribution < 1.29 is 0 Å². The van der Waals surface area contributed by atoms with Crippen LogP contribution in [0.4, 0.5) is 0 Å². The Kier molecular flexibility index (Phi) is 3.43. The first-order chi connectivity index (χ1) is 12.1. The van der Waals surface area contributed by atoms with E-state index in [9.17, 15) is 4.79 Å². The van der Waals surface area contributed by atoms with E-state index in [4.69, 9.17) is 0 Å². The Labute approximate surface area is 143 Å². The number of aromatic amines is 1. The lowest BCUT2D eigenvalue weighted by molar-refractivity contribution is 0.883. The molecule has 0 unspecified atom stereocenters. The SMILES string of the molecule is Cc1cc(=O)n2[nH]c(C#Cc3nc(-c4ccccc4)cn3C)nc2n1. The Morgan fingerprint density at radius 2 is 1.88 bits per heavy atom. The number of aryl methyl sites for hydroxylation is 2. The van der Waals surface area contributed by atoms with E-state index in [0.717, 1.165) is 11.3 Å². The van der Waals surface area contributed by atoms with Crippen LogP contribution < -0.4 is 5.56 Å². The summed E-state index contributed by atoms with van der Waals surface area (Å²) in [5, 5.41) is 2.84. The van der Waals surface area contributed by atoms with Crippen LogP contribution in [0, 0.1) is 18.8 Å². The van der Waals surface area contributed by atoms with Gasteiger partial charge in [0.1, 0.15) is 0 Å². The molecule has 25 heavy (non-hydrogen) atoms. The van der Waals surface area contributed by atoms with Crippen molar-refractivity contribution in [3.8, 4) is 23.1 Å². The van der Waals surface area contributed by atoms with Crippen molar-refractivity contribution in [2.75, 3.05) is 0 Å². The van der Waals surface area contributed by atoms with E-state index in [1.54, 1.807) is 6.92 Å². The van der Waals surface area contributed by atoms with E-state index in [0.29, 0.717) is 23.1 Å². The van der Waals surface area contributed by atoms with E-state index < -0.39 is 0 Å². The number of H-pyrrole nitrogens is 1. The summed E-state index contributed by atoms with van der Waals surface area (Å²) < 4.78 is 3.12. The molecule has 0 saturated heterocycles. The number of benzene rings is 1. The zero-order valence-corrected chi connectivity index (χ0v) is 13.7. The van der Waals surface area contributed by atoms with Crippen molar-refractivity contribution in [3.63, 3.8) is 0 Å². The van der Waals surface area contributed by atoms with Crippen molar-refractivity contribution in [1.29, 1.82) is 0 Å². The van der Waals surface area contributed by atoms with Crippen molar-refractivity contribution >= 4 is 5.78 Å². The van der Waals surface area contributed by atoms with Gasteiger partial charge in [-0.3, -0.25) is 9.89 Å². The molecule has 7 heteroatoms. The van der Waals surface area contributed by atoms with Gasteiger partial charge in [-0.1, -0.05) is 30.3 Å². The monoisotopic (exact) mass is 330 g/mol. The second kappa shape index (κ2) is 5.76. The maximum Gasteiger partial charge on any atom is 0.274 e. The van der Waals surface area contributed by atoms with E-state index in [2.05, 4.69) is 31.9 Å². The van der Waals surface area contributed by atoms with Crippen LogP contribution in [0.2, 0.25) is 0 Å². The molecule has 1 aromatic carbocycles. The molecular weight excluding hydrogens is 316 g/mol. The number of nitrogens with zero attached hydrogens (tertiary/aromatic N) is 5. The molecular formula is C18H14N6O. The molecule has 0 aliphatic carbocycles. The molecule has 0 aliphatic heterocycles. The van der Waals surface area contributed by atoms with E-state index in [1.807, 2.05) is 48.1 Å². The number of nitrogens with one attached hydrogen (secondary N) is 1. The number of hydrogen-bond acceptors (Lipinski definition) is 4. The fourth-order valence-electron chi connectivity index (χ4n) is 2.49. The summed E-state index contributed by atoms with van der Waals surface area (Å²) in [5.41, 5.74) is 2.28. The highest BCUT2D eigenvalue weighted by Gasteiger charge is 2.06. The molecule has 7 nitrogen and oxygen atoms in total. The van der Waals surface area contributed by atoms with Crippen molar-refractivity contribution in [1.82, 2.24) is 29.1 Å². The number of hydrogen-bond donors (Lipinski definition) is 1. The van der Waals surface area contributed by atoms with Crippen LogP contribution in [0.25, 0.3) is 17.0 Å². The predicted molar refractivity (Wildman–Crippen MR) is 93.0 cm³/mol. The van der Waals surface area contributed by atoms with Crippen LogP contribution in [-0.4, -0.2) is 29.1 Å². The van der Waals surface area contributed by atoms with Gasteiger partial charge in [-0.2, -0.15) is 9.50 Å². The molecule has 4 aromatic rings. The number of aromatic nitrogens is 6. The summed E-state index contributed by atoms with van der Waals surface area (Å²) in [6.45, 7) is 1.75. The third-order valence-corrected chi connectivity index (χ3v) is 3.70. The average molecular weight is 330 g/mol. The Balaban J connectivity index is 1.71. The maximum absolute atomic E-state index is 11.9. The van der Waals surface area contributed by atoms with Crippen molar-refractivity contribution in [3.05, 3.63) is 70.3 Å². The number of rotatable bonds is 1. The first kappa shape index (κ1) is 14.9. The molecule has 0 bridgehead atoms. The molecule has 122 valence electrons. The van der Waals surface area contributed by atoms with Crippen LogP contribution in [0.3, 0.4) is 0 Å². The molecule has 4 rings (SSSR count). The summed E-state index contributed by atoms with van der Waals surface area (Å²) in [6, 6.07) is 11.3. The van der Waals surface area contributed by atoms with Crippen LogP contribution in [0.15, 0.2) is 47.4 Å². The minimum absolute atomic E-state index is 0.216. The Morgan fingerprint density at radius 3 is 2.68 bits per heavy atom. The van der Waals surface area contributed by atoms with Gasteiger partial charge in [-0.15, -0.1) is 0 Å². The third-order valence-electron chi connectivity index (χ3n) is 3.70. The standard InChI is InChI=1S/C18H14N6O/c1-12-10-17(25)24-18(19-12)21-15(22-24)8-9-16-20-14(11-23(16)2)13-6-4-3-5-7-13/h3-7,10-11H,1-2H3,(H,19,21,22). The molecule has 3 heterocycles. The molecule has 0 amide bonds. The quantitative estimate of drug-likeness (QED) is 0.537. The summed E-state index contributed by atoms with van der Waals surface area (Å²) in [5.74, 6) is 7.15. The zero-order chi connectivity index (χ0) is 17.4. The van der Waals surface area contributed by atoms with Crippen LogP contribution in [0.1, 0.15) is 17.3 Å². The molecule has 3 aromatic heterocycles. The van der Waals surface area contributed by atoms with Gasteiger partial charge in [0.15, 0.2) is 5.82 Å². The highest BCUT2D eigenvalue weighted by Crippen LogP contribution is 2.17. The topological polar surface area (TPSA) is 80.9 Å². The predicted octanol–water partition coefficient (Wildman–Crippen LogP) is 1.53.